The molecule has 0 bridgehead atoms. The highest BCUT2D eigenvalue weighted by Crippen LogP contribution is 2.20. The van der Waals surface area contributed by atoms with E-state index in [-0.39, 0.29) is 13.2 Å². The molecule has 0 aliphatic carbocycles. The number of hydrogen-bond donors (Lipinski definition) is 2. The van der Waals surface area contributed by atoms with E-state index in [2.05, 4.69) is 25.2 Å². The second-order valence-corrected chi connectivity index (χ2v) is 4.31. The molecule has 0 aliphatic rings. The van der Waals surface area contributed by atoms with E-state index in [1.54, 1.807) is 7.11 Å². The quantitative estimate of drug-likeness (QED) is 0.737. The van der Waals surface area contributed by atoms with Crippen LogP contribution in [0.5, 0.6) is 5.75 Å². The number of rotatable bonds is 8. The molecule has 1 aromatic rings. The van der Waals surface area contributed by atoms with Crippen LogP contribution in [0.3, 0.4) is 0 Å². The second kappa shape index (κ2) is 8.08. The predicted molar refractivity (Wildman–Crippen MR) is 71.9 cm³/mol. The average molecular weight is 253 g/mol. The van der Waals surface area contributed by atoms with Crippen molar-refractivity contribution < 1.29 is 14.6 Å². The molecule has 1 unspecified atom stereocenters. The molecule has 0 amide bonds. The van der Waals surface area contributed by atoms with E-state index in [0.29, 0.717) is 0 Å². The van der Waals surface area contributed by atoms with Crippen molar-refractivity contribution in [3.05, 3.63) is 29.3 Å². The zero-order chi connectivity index (χ0) is 13.4. The van der Waals surface area contributed by atoms with Gasteiger partial charge < -0.3 is 19.9 Å². The van der Waals surface area contributed by atoms with Gasteiger partial charge in [0.15, 0.2) is 0 Å². The Morgan fingerprint density at radius 2 is 2.11 bits per heavy atom. The van der Waals surface area contributed by atoms with Crippen LogP contribution in [0.15, 0.2) is 18.2 Å². The van der Waals surface area contributed by atoms with E-state index in [0.717, 1.165) is 24.4 Å². The SMILES string of the molecule is CCNCc1cc(C)ccc1OCC(O)COC. The van der Waals surface area contributed by atoms with Gasteiger partial charge in [0.25, 0.3) is 0 Å². The number of ether oxygens (including phenoxy) is 2. The number of aryl methyl sites for hydroxylation is 1. The fourth-order valence-corrected chi connectivity index (χ4v) is 1.67. The maximum atomic E-state index is 9.57. The Bertz CT molecular complexity index is 355. The van der Waals surface area contributed by atoms with E-state index >= 15 is 0 Å². The van der Waals surface area contributed by atoms with Crippen molar-refractivity contribution in [3.8, 4) is 5.75 Å². The first-order valence-electron chi connectivity index (χ1n) is 6.27. The molecule has 0 radical (unpaired) electrons. The van der Waals surface area contributed by atoms with Crippen molar-refractivity contribution in [3.63, 3.8) is 0 Å². The monoisotopic (exact) mass is 253 g/mol. The van der Waals surface area contributed by atoms with Crippen molar-refractivity contribution in [1.82, 2.24) is 5.32 Å². The number of hydrogen-bond acceptors (Lipinski definition) is 4. The normalized spacial score (nSPS) is 12.4. The Kier molecular flexibility index (Phi) is 6.72. The number of aliphatic hydroxyl groups excluding tert-OH is 1. The molecule has 0 spiro atoms. The Labute approximate surface area is 109 Å². The molecule has 0 fully saturated rings. The van der Waals surface area contributed by atoms with Gasteiger partial charge in [-0.05, 0) is 19.5 Å². The highest BCUT2D eigenvalue weighted by molar-refractivity contribution is 5.36. The van der Waals surface area contributed by atoms with Crippen LogP contribution < -0.4 is 10.1 Å². The van der Waals surface area contributed by atoms with Gasteiger partial charge in [-0.15, -0.1) is 0 Å². The summed E-state index contributed by atoms with van der Waals surface area (Å²) in [4.78, 5) is 0. The first-order chi connectivity index (χ1) is 8.67. The maximum Gasteiger partial charge on any atom is 0.123 e. The third-order valence-corrected chi connectivity index (χ3v) is 2.57. The molecule has 4 nitrogen and oxygen atoms in total. The lowest BCUT2D eigenvalue weighted by Crippen LogP contribution is -2.23. The van der Waals surface area contributed by atoms with Crippen LogP contribution in [0.1, 0.15) is 18.1 Å². The summed E-state index contributed by atoms with van der Waals surface area (Å²) in [6.07, 6.45) is -0.594. The second-order valence-electron chi connectivity index (χ2n) is 4.31. The van der Waals surface area contributed by atoms with Crippen molar-refractivity contribution in [1.29, 1.82) is 0 Å². The molecule has 18 heavy (non-hydrogen) atoms. The maximum absolute atomic E-state index is 9.57. The zero-order valence-electron chi connectivity index (χ0n) is 11.4. The van der Waals surface area contributed by atoms with Crippen molar-refractivity contribution >= 4 is 0 Å². The lowest BCUT2D eigenvalue weighted by Gasteiger charge is -2.15. The smallest absolute Gasteiger partial charge is 0.123 e. The van der Waals surface area contributed by atoms with E-state index in [4.69, 9.17) is 9.47 Å². The molecule has 102 valence electrons. The van der Waals surface area contributed by atoms with Crippen LogP contribution >= 0.6 is 0 Å². The molecule has 0 aliphatic heterocycles. The van der Waals surface area contributed by atoms with E-state index < -0.39 is 6.10 Å². The van der Waals surface area contributed by atoms with Gasteiger partial charge in [-0.25, -0.2) is 0 Å². The first-order valence-corrected chi connectivity index (χ1v) is 6.27. The fourth-order valence-electron chi connectivity index (χ4n) is 1.67. The van der Waals surface area contributed by atoms with Crippen molar-refractivity contribution in [2.75, 3.05) is 26.9 Å². The molecular formula is C14H23NO3. The Balaban J connectivity index is 2.62. The van der Waals surface area contributed by atoms with Crippen molar-refractivity contribution in [2.45, 2.75) is 26.5 Å². The summed E-state index contributed by atoms with van der Waals surface area (Å²) in [7, 11) is 1.56. The van der Waals surface area contributed by atoms with Crippen molar-refractivity contribution in [2.24, 2.45) is 0 Å². The minimum Gasteiger partial charge on any atom is -0.490 e. The van der Waals surface area contributed by atoms with Gasteiger partial charge in [0.1, 0.15) is 18.5 Å². The topological polar surface area (TPSA) is 50.7 Å². The molecule has 1 rings (SSSR count). The van der Waals surface area contributed by atoms with E-state index in [1.165, 1.54) is 5.56 Å². The van der Waals surface area contributed by atoms with Gasteiger partial charge >= 0.3 is 0 Å². The number of benzene rings is 1. The first kappa shape index (κ1) is 15.0. The largest absolute Gasteiger partial charge is 0.490 e. The van der Waals surface area contributed by atoms with Gasteiger partial charge in [-0.3, -0.25) is 0 Å². The number of aliphatic hydroxyl groups is 1. The highest BCUT2D eigenvalue weighted by Gasteiger charge is 2.08. The molecule has 0 aromatic heterocycles. The standard InChI is InChI=1S/C14H23NO3/c1-4-15-8-12-7-11(2)5-6-14(12)18-10-13(16)9-17-3/h5-7,13,15-16H,4,8-10H2,1-3H3. The molecule has 0 saturated carbocycles. The number of methoxy groups -OCH3 is 1. The summed E-state index contributed by atoms with van der Waals surface area (Å²) in [6, 6.07) is 6.05. The predicted octanol–water partition coefficient (Wildman–Crippen LogP) is 1.49. The lowest BCUT2D eigenvalue weighted by atomic mass is 10.1. The summed E-state index contributed by atoms with van der Waals surface area (Å²) in [5.74, 6) is 0.816. The molecule has 0 heterocycles. The van der Waals surface area contributed by atoms with Crippen LogP contribution in [0.25, 0.3) is 0 Å². The molecule has 1 aromatic carbocycles. The van der Waals surface area contributed by atoms with Crippen LogP contribution in [0.4, 0.5) is 0 Å². The van der Waals surface area contributed by atoms with Crippen LogP contribution in [-0.4, -0.2) is 38.1 Å². The minimum absolute atomic E-state index is 0.246. The molecule has 2 N–H and O–H groups in total. The molecular weight excluding hydrogens is 230 g/mol. The zero-order valence-corrected chi connectivity index (χ0v) is 11.4. The third-order valence-electron chi connectivity index (χ3n) is 2.57. The van der Waals surface area contributed by atoms with Gasteiger partial charge in [-0.1, -0.05) is 24.6 Å². The summed E-state index contributed by atoms with van der Waals surface area (Å²) in [6.45, 7) is 6.34. The Hall–Kier alpha value is -1.10. The van der Waals surface area contributed by atoms with E-state index in [9.17, 15) is 5.11 Å². The van der Waals surface area contributed by atoms with Gasteiger partial charge in [-0.2, -0.15) is 0 Å². The number of nitrogens with one attached hydrogen (secondary N) is 1. The Morgan fingerprint density at radius 1 is 1.33 bits per heavy atom. The van der Waals surface area contributed by atoms with Crippen LogP contribution in [0, 0.1) is 6.92 Å². The van der Waals surface area contributed by atoms with Gasteiger partial charge in [0.2, 0.25) is 0 Å². The fraction of sp³-hybridized carbons (Fsp3) is 0.571. The van der Waals surface area contributed by atoms with Crippen LogP contribution in [-0.2, 0) is 11.3 Å². The van der Waals surface area contributed by atoms with E-state index in [1.807, 2.05) is 12.1 Å². The average Bonchev–Trinajstić information content (AvgIpc) is 2.35. The Morgan fingerprint density at radius 3 is 2.78 bits per heavy atom. The molecule has 4 heteroatoms. The minimum atomic E-state index is -0.594. The summed E-state index contributed by atoms with van der Waals surface area (Å²) >= 11 is 0. The third kappa shape index (κ3) is 5.04. The molecule has 0 saturated heterocycles. The lowest BCUT2D eigenvalue weighted by molar-refractivity contribution is 0.0323. The van der Waals surface area contributed by atoms with Gasteiger partial charge in [0, 0.05) is 19.2 Å². The summed E-state index contributed by atoms with van der Waals surface area (Å²) < 4.78 is 10.5. The highest BCUT2D eigenvalue weighted by atomic mass is 16.5. The summed E-state index contributed by atoms with van der Waals surface area (Å²) in [5, 5.41) is 12.8. The van der Waals surface area contributed by atoms with Gasteiger partial charge in [0.05, 0.1) is 6.61 Å². The molecule has 1 atom stereocenters. The summed E-state index contributed by atoms with van der Waals surface area (Å²) in [5.41, 5.74) is 2.31. The van der Waals surface area contributed by atoms with Crippen LogP contribution in [0.2, 0.25) is 0 Å².